The summed E-state index contributed by atoms with van der Waals surface area (Å²) in [6.07, 6.45) is -2.75. The Labute approximate surface area is 97.7 Å². The number of hydrogen-bond donors (Lipinski definition) is 4. The molecular weight excluding hydrogens is 232 g/mol. The fourth-order valence-corrected chi connectivity index (χ4v) is 3.05. The van der Waals surface area contributed by atoms with Crippen molar-refractivity contribution in [2.75, 3.05) is 13.2 Å². The number of amidine groups is 1. The molecule has 2 heterocycles. The van der Waals surface area contributed by atoms with Crippen molar-refractivity contribution in [2.45, 2.75) is 36.7 Å². The minimum Gasteiger partial charge on any atom is -0.394 e. The summed E-state index contributed by atoms with van der Waals surface area (Å²) in [4.78, 5) is 4.19. The van der Waals surface area contributed by atoms with Crippen LogP contribution in [0.1, 0.15) is 6.92 Å². The van der Waals surface area contributed by atoms with E-state index in [-0.39, 0.29) is 18.1 Å². The molecule has 2 fully saturated rings. The van der Waals surface area contributed by atoms with Gasteiger partial charge in [-0.25, -0.2) is 0 Å². The fraction of sp³-hybridized carbons (Fsp3) is 0.889. The number of ether oxygens (including phenoxy) is 1. The number of rotatable bonds is 2. The quantitative estimate of drug-likeness (QED) is 0.475. The van der Waals surface area contributed by atoms with Crippen molar-refractivity contribution in [1.82, 2.24) is 5.32 Å². The van der Waals surface area contributed by atoms with Gasteiger partial charge >= 0.3 is 0 Å². The molecule has 0 unspecified atom stereocenters. The van der Waals surface area contributed by atoms with E-state index in [1.165, 1.54) is 11.8 Å². The van der Waals surface area contributed by atoms with Crippen molar-refractivity contribution in [3.8, 4) is 0 Å². The van der Waals surface area contributed by atoms with Crippen molar-refractivity contribution >= 4 is 16.9 Å². The number of aliphatic imine (C=N–C) groups is 1. The highest BCUT2D eigenvalue weighted by molar-refractivity contribution is 8.14. The molecule has 0 bridgehead atoms. The summed E-state index contributed by atoms with van der Waals surface area (Å²) in [6, 6.07) is -0.368. The lowest BCUT2D eigenvalue weighted by Gasteiger charge is -2.38. The van der Waals surface area contributed by atoms with Crippen LogP contribution in [-0.2, 0) is 4.74 Å². The van der Waals surface area contributed by atoms with Gasteiger partial charge in [-0.3, -0.25) is 4.99 Å². The Morgan fingerprint density at radius 1 is 1.44 bits per heavy atom. The van der Waals surface area contributed by atoms with Gasteiger partial charge in [0.15, 0.2) is 5.17 Å². The zero-order chi connectivity index (χ0) is 11.7. The number of aliphatic hydroxyl groups excluding tert-OH is 3. The van der Waals surface area contributed by atoms with Crippen LogP contribution in [0.2, 0.25) is 0 Å². The van der Waals surface area contributed by atoms with Gasteiger partial charge in [-0.05, 0) is 6.92 Å². The second kappa shape index (κ2) is 4.89. The first-order chi connectivity index (χ1) is 7.67. The molecule has 16 heavy (non-hydrogen) atoms. The van der Waals surface area contributed by atoms with E-state index in [2.05, 4.69) is 10.3 Å². The lowest BCUT2D eigenvalue weighted by molar-refractivity contribution is -0.167. The monoisotopic (exact) mass is 248 g/mol. The Morgan fingerprint density at radius 2 is 2.19 bits per heavy atom. The fourth-order valence-electron chi connectivity index (χ4n) is 1.85. The van der Waals surface area contributed by atoms with Gasteiger partial charge in [-0.2, -0.15) is 0 Å². The van der Waals surface area contributed by atoms with Crippen molar-refractivity contribution in [2.24, 2.45) is 4.99 Å². The van der Waals surface area contributed by atoms with Gasteiger partial charge in [-0.1, -0.05) is 11.8 Å². The Bertz CT molecular complexity index is 289. The maximum absolute atomic E-state index is 9.86. The van der Waals surface area contributed by atoms with E-state index in [1.54, 1.807) is 0 Å². The van der Waals surface area contributed by atoms with Crippen molar-refractivity contribution in [3.63, 3.8) is 0 Å². The van der Waals surface area contributed by atoms with Crippen LogP contribution >= 0.6 is 11.8 Å². The summed E-state index contributed by atoms with van der Waals surface area (Å²) in [6.45, 7) is 2.26. The third-order valence-corrected chi connectivity index (χ3v) is 3.81. The molecule has 0 radical (unpaired) electrons. The molecule has 2 aliphatic rings. The van der Waals surface area contributed by atoms with Crippen LogP contribution in [0.25, 0.3) is 0 Å². The third-order valence-electron chi connectivity index (χ3n) is 2.70. The first kappa shape index (κ1) is 12.1. The third kappa shape index (κ3) is 2.05. The standard InChI is InChI=1S/C9H16N2O4S/c1-2-10-9-11-5-7(14)6(13)4(3-12)15-8(5)16-9/h4-8,12-14H,2-3H2,1H3,(H,10,11)/t4-,5+,6+,7+,8+/m0/s1. The zero-order valence-corrected chi connectivity index (χ0v) is 9.72. The molecule has 6 nitrogen and oxygen atoms in total. The van der Waals surface area contributed by atoms with Gasteiger partial charge in [0.2, 0.25) is 0 Å². The highest BCUT2D eigenvalue weighted by atomic mass is 32.2. The Balaban J connectivity index is 2.10. The summed E-state index contributed by atoms with van der Waals surface area (Å²) in [5.41, 5.74) is -0.305. The highest BCUT2D eigenvalue weighted by Gasteiger charge is 2.48. The molecule has 0 aromatic rings. The van der Waals surface area contributed by atoms with Crippen molar-refractivity contribution < 1.29 is 20.1 Å². The van der Waals surface area contributed by atoms with Crippen LogP contribution < -0.4 is 5.32 Å². The lowest BCUT2D eigenvalue weighted by Crippen LogP contribution is -2.59. The summed E-state index contributed by atoms with van der Waals surface area (Å²) < 4.78 is 5.48. The molecule has 0 aromatic heterocycles. The largest absolute Gasteiger partial charge is 0.394 e. The van der Waals surface area contributed by atoms with E-state index in [0.717, 1.165) is 0 Å². The van der Waals surface area contributed by atoms with Crippen LogP contribution in [0.4, 0.5) is 0 Å². The predicted octanol–water partition coefficient (Wildman–Crippen LogP) is -1.49. The van der Waals surface area contributed by atoms with Crippen LogP contribution in [0.3, 0.4) is 0 Å². The topological polar surface area (TPSA) is 94.3 Å². The molecule has 5 atom stereocenters. The summed E-state index contributed by atoms with van der Waals surface area (Å²) in [7, 11) is 0. The van der Waals surface area contributed by atoms with Crippen molar-refractivity contribution in [1.29, 1.82) is 0 Å². The molecule has 2 aliphatic heterocycles. The maximum atomic E-state index is 9.86. The molecule has 0 amide bonds. The van der Waals surface area contributed by atoms with E-state index in [4.69, 9.17) is 9.84 Å². The number of nitrogens with zero attached hydrogens (tertiary/aromatic N) is 1. The highest BCUT2D eigenvalue weighted by Crippen LogP contribution is 2.33. The lowest BCUT2D eigenvalue weighted by atomic mass is 9.98. The zero-order valence-electron chi connectivity index (χ0n) is 8.91. The van der Waals surface area contributed by atoms with E-state index in [0.29, 0.717) is 11.7 Å². The average Bonchev–Trinajstić information content (AvgIpc) is 2.67. The van der Waals surface area contributed by atoms with Crippen LogP contribution in [0.15, 0.2) is 4.99 Å². The van der Waals surface area contributed by atoms with E-state index in [1.807, 2.05) is 6.92 Å². The minimum absolute atomic E-state index is 0.303. The first-order valence-electron chi connectivity index (χ1n) is 5.27. The maximum Gasteiger partial charge on any atom is 0.159 e. The molecular formula is C9H16N2O4S. The molecule has 2 saturated heterocycles. The van der Waals surface area contributed by atoms with Gasteiger partial charge in [0.25, 0.3) is 0 Å². The molecule has 2 rings (SSSR count). The summed E-state index contributed by atoms with van der Waals surface area (Å²) in [5, 5.41) is 32.3. The molecule has 0 saturated carbocycles. The molecule has 4 N–H and O–H groups in total. The molecule has 0 aliphatic carbocycles. The Morgan fingerprint density at radius 3 is 2.81 bits per heavy atom. The van der Waals surface area contributed by atoms with E-state index in [9.17, 15) is 10.2 Å². The molecule has 7 heteroatoms. The number of thioether (sulfide) groups is 1. The minimum atomic E-state index is -1.07. The smallest absolute Gasteiger partial charge is 0.159 e. The average molecular weight is 248 g/mol. The van der Waals surface area contributed by atoms with Crippen LogP contribution in [-0.4, -0.2) is 63.4 Å². The SMILES string of the molecule is CCN=C1N[C@@H]2[C@@H](O)[C@H](O)[C@H](CO)O[C@@H]2S1. The molecule has 0 aromatic carbocycles. The van der Waals surface area contributed by atoms with Gasteiger partial charge in [0.1, 0.15) is 23.7 Å². The summed E-state index contributed by atoms with van der Waals surface area (Å²) >= 11 is 1.38. The normalized spacial score (nSPS) is 45.5. The van der Waals surface area contributed by atoms with Crippen LogP contribution in [0.5, 0.6) is 0 Å². The van der Waals surface area contributed by atoms with Gasteiger partial charge < -0.3 is 25.4 Å². The van der Waals surface area contributed by atoms with Gasteiger partial charge in [0.05, 0.1) is 12.6 Å². The van der Waals surface area contributed by atoms with Crippen LogP contribution in [0, 0.1) is 0 Å². The van der Waals surface area contributed by atoms with E-state index >= 15 is 0 Å². The van der Waals surface area contributed by atoms with E-state index < -0.39 is 18.3 Å². The number of fused-ring (bicyclic) bond motifs is 1. The van der Waals surface area contributed by atoms with Crippen molar-refractivity contribution in [3.05, 3.63) is 0 Å². The van der Waals surface area contributed by atoms with Gasteiger partial charge in [-0.15, -0.1) is 0 Å². The van der Waals surface area contributed by atoms with Gasteiger partial charge in [0, 0.05) is 6.54 Å². The molecule has 92 valence electrons. The Kier molecular flexibility index (Phi) is 3.70. The number of aliphatic hydroxyl groups is 3. The second-order valence-electron chi connectivity index (χ2n) is 3.77. The number of hydrogen-bond acceptors (Lipinski definition) is 6. The Hall–Kier alpha value is -0.340. The first-order valence-corrected chi connectivity index (χ1v) is 6.15. The molecule has 0 spiro atoms. The summed E-state index contributed by atoms with van der Waals surface area (Å²) in [5.74, 6) is 0. The number of nitrogens with one attached hydrogen (secondary N) is 1. The second-order valence-corrected chi connectivity index (χ2v) is 4.86. The predicted molar refractivity (Wildman–Crippen MR) is 60.3 cm³/mol.